The predicted molar refractivity (Wildman–Crippen MR) is 65.8 cm³/mol. The van der Waals surface area contributed by atoms with Crippen molar-refractivity contribution >= 4 is 12.4 Å². The van der Waals surface area contributed by atoms with Gasteiger partial charge in [0.05, 0.1) is 0 Å². The molecule has 0 aromatic carbocycles. The molecule has 1 heterocycles. The highest BCUT2D eigenvalue weighted by molar-refractivity contribution is 5.68. The first-order chi connectivity index (χ1) is 7.76. The molecule has 0 aromatic heterocycles. The molecule has 98 valence electrons. The summed E-state index contributed by atoms with van der Waals surface area (Å²) < 4.78 is 5.32. The fourth-order valence-electron chi connectivity index (χ4n) is 1.96. The molecule has 1 aliphatic rings. The van der Waals surface area contributed by atoms with Gasteiger partial charge < -0.3 is 14.4 Å². The summed E-state index contributed by atoms with van der Waals surface area (Å²) >= 11 is 0. The molecular weight excluding hydrogens is 218 g/mol. The van der Waals surface area contributed by atoms with Crippen molar-refractivity contribution in [3.8, 4) is 0 Å². The summed E-state index contributed by atoms with van der Waals surface area (Å²) in [6, 6.07) is 0. The zero-order chi connectivity index (χ0) is 13.1. The van der Waals surface area contributed by atoms with Gasteiger partial charge in [-0.2, -0.15) is 0 Å². The second kappa shape index (κ2) is 5.07. The minimum absolute atomic E-state index is 0.0558. The van der Waals surface area contributed by atoms with Gasteiger partial charge in [-0.25, -0.2) is 4.79 Å². The molecule has 0 aromatic rings. The fraction of sp³-hybridized carbons (Fsp3) is 0.846. The lowest BCUT2D eigenvalue weighted by atomic mass is 9.78. The van der Waals surface area contributed by atoms with Crippen molar-refractivity contribution in [2.45, 2.75) is 52.6 Å². The van der Waals surface area contributed by atoms with Crippen LogP contribution in [-0.2, 0) is 9.53 Å². The average Bonchev–Trinajstić information content (AvgIpc) is 2.15. The summed E-state index contributed by atoms with van der Waals surface area (Å²) in [6.07, 6.45) is 3.04. The molecule has 1 aliphatic heterocycles. The lowest BCUT2D eigenvalue weighted by Crippen LogP contribution is -2.44. The molecule has 4 heteroatoms. The number of carbonyl (C=O) groups is 2. The maximum atomic E-state index is 11.8. The normalized spacial score (nSPS) is 19.9. The van der Waals surface area contributed by atoms with Gasteiger partial charge in [-0.15, -0.1) is 0 Å². The largest absolute Gasteiger partial charge is 0.444 e. The molecule has 0 atom stereocenters. The summed E-state index contributed by atoms with van der Waals surface area (Å²) in [6.45, 7) is 9.06. The molecule has 1 amide bonds. The predicted octanol–water partition coefficient (Wildman–Crippen LogP) is 2.61. The zero-order valence-electron chi connectivity index (χ0n) is 11.3. The van der Waals surface area contributed by atoms with E-state index in [-0.39, 0.29) is 11.5 Å². The molecule has 0 unspecified atom stereocenters. The molecule has 0 spiro atoms. The maximum Gasteiger partial charge on any atom is 0.410 e. The highest BCUT2D eigenvalue weighted by Crippen LogP contribution is 2.33. The van der Waals surface area contributed by atoms with E-state index in [0.29, 0.717) is 19.5 Å². The molecule has 4 nitrogen and oxygen atoms in total. The number of likely N-dealkylation sites (tertiary alicyclic amines) is 1. The van der Waals surface area contributed by atoms with Crippen molar-refractivity contribution in [3.63, 3.8) is 0 Å². The number of rotatable bonds is 2. The Balaban J connectivity index is 2.46. The summed E-state index contributed by atoms with van der Waals surface area (Å²) in [5.74, 6) is 0. The Morgan fingerprint density at radius 2 is 1.88 bits per heavy atom. The number of nitrogens with zero attached hydrogens (tertiary/aromatic N) is 1. The monoisotopic (exact) mass is 241 g/mol. The first-order valence-corrected chi connectivity index (χ1v) is 6.17. The van der Waals surface area contributed by atoms with E-state index in [1.165, 1.54) is 0 Å². The van der Waals surface area contributed by atoms with Gasteiger partial charge in [0.25, 0.3) is 0 Å². The Bertz CT molecular complexity index is 286. The van der Waals surface area contributed by atoms with E-state index >= 15 is 0 Å². The second-order valence-electron chi connectivity index (χ2n) is 6.15. The van der Waals surface area contributed by atoms with E-state index in [9.17, 15) is 9.59 Å². The molecule has 0 radical (unpaired) electrons. The summed E-state index contributed by atoms with van der Waals surface area (Å²) in [5, 5.41) is 0. The minimum Gasteiger partial charge on any atom is -0.444 e. The van der Waals surface area contributed by atoms with Crippen LogP contribution in [0.4, 0.5) is 4.79 Å². The topological polar surface area (TPSA) is 46.6 Å². The average molecular weight is 241 g/mol. The Hall–Kier alpha value is -1.06. The Labute approximate surface area is 103 Å². The van der Waals surface area contributed by atoms with E-state index in [4.69, 9.17) is 4.74 Å². The van der Waals surface area contributed by atoms with E-state index in [1.807, 2.05) is 20.8 Å². The van der Waals surface area contributed by atoms with Crippen molar-refractivity contribution in [1.29, 1.82) is 0 Å². The minimum atomic E-state index is -0.444. The molecule has 1 rings (SSSR count). The third-order valence-corrected chi connectivity index (χ3v) is 3.20. The first-order valence-electron chi connectivity index (χ1n) is 6.17. The fourth-order valence-corrected chi connectivity index (χ4v) is 1.96. The van der Waals surface area contributed by atoms with E-state index in [2.05, 4.69) is 6.92 Å². The van der Waals surface area contributed by atoms with Gasteiger partial charge in [0.15, 0.2) is 0 Å². The SMILES string of the molecule is CC1(CC=O)CCN(C(=O)OC(C)(C)C)CC1. The molecule has 0 aliphatic carbocycles. The smallest absolute Gasteiger partial charge is 0.410 e. The second-order valence-corrected chi connectivity index (χ2v) is 6.15. The van der Waals surface area contributed by atoms with Crippen LogP contribution in [0.3, 0.4) is 0 Å². The standard InChI is InChI=1S/C13H23NO3/c1-12(2,3)17-11(16)14-8-5-13(4,6-9-14)7-10-15/h10H,5-9H2,1-4H3. The molecule has 0 N–H and O–H groups in total. The molecular formula is C13H23NO3. The molecule has 1 saturated heterocycles. The van der Waals surface area contributed by atoms with Crippen LogP contribution in [0.15, 0.2) is 0 Å². The van der Waals surface area contributed by atoms with Crippen molar-refractivity contribution < 1.29 is 14.3 Å². The Morgan fingerprint density at radius 3 is 2.29 bits per heavy atom. The molecule has 17 heavy (non-hydrogen) atoms. The van der Waals surface area contributed by atoms with Gasteiger partial charge in [0.1, 0.15) is 11.9 Å². The Morgan fingerprint density at radius 1 is 1.35 bits per heavy atom. The molecule has 1 fully saturated rings. The first kappa shape index (κ1) is 14.0. The van der Waals surface area contributed by atoms with Crippen molar-refractivity contribution in [3.05, 3.63) is 0 Å². The number of aldehydes is 1. The van der Waals surface area contributed by atoms with Gasteiger partial charge in [-0.1, -0.05) is 6.92 Å². The number of hydrogen-bond donors (Lipinski definition) is 0. The lowest BCUT2D eigenvalue weighted by Gasteiger charge is -2.38. The van der Waals surface area contributed by atoms with Gasteiger partial charge in [-0.3, -0.25) is 0 Å². The van der Waals surface area contributed by atoms with Crippen LogP contribution in [0, 0.1) is 5.41 Å². The van der Waals surface area contributed by atoms with E-state index in [1.54, 1.807) is 4.90 Å². The number of piperidine rings is 1. The van der Waals surface area contributed by atoms with Crippen LogP contribution in [0.5, 0.6) is 0 Å². The van der Waals surface area contributed by atoms with Crippen molar-refractivity contribution in [2.24, 2.45) is 5.41 Å². The van der Waals surface area contributed by atoms with Gasteiger partial charge >= 0.3 is 6.09 Å². The van der Waals surface area contributed by atoms with E-state index in [0.717, 1.165) is 19.1 Å². The summed E-state index contributed by atoms with van der Waals surface area (Å²) in [7, 11) is 0. The molecule has 0 saturated carbocycles. The Kier molecular flexibility index (Phi) is 4.17. The van der Waals surface area contributed by atoms with Crippen molar-refractivity contribution in [1.82, 2.24) is 4.90 Å². The quantitative estimate of drug-likeness (QED) is 0.698. The number of hydrogen-bond acceptors (Lipinski definition) is 3. The number of amides is 1. The lowest BCUT2D eigenvalue weighted by molar-refractivity contribution is -0.110. The summed E-state index contributed by atoms with van der Waals surface area (Å²) in [4.78, 5) is 24.1. The maximum absolute atomic E-state index is 11.8. The van der Waals surface area contributed by atoms with Crippen LogP contribution in [-0.4, -0.2) is 36.0 Å². The van der Waals surface area contributed by atoms with Crippen molar-refractivity contribution in [2.75, 3.05) is 13.1 Å². The van der Waals surface area contributed by atoms with Crippen LogP contribution in [0.25, 0.3) is 0 Å². The highest BCUT2D eigenvalue weighted by Gasteiger charge is 2.33. The highest BCUT2D eigenvalue weighted by atomic mass is 16.6. The number of ether oxygens (including phenoxy) is 1. The van der Waals surface area contributed by atoms with Gasteiger partial charge in [0, 0.05) is 19.5 Å². The van der Waals surface area contributed by atoms with Crippen LogP contribution >= 0.6 is 0 Å². The van der Waals surface area contributed by atoms with Crippen LogP contribution in [0.1, 0.15) is 47.0 Å². The van der Waals surface area contributed by atoms with Crippen LogP contribution in [0.2, 0.25) is 0 Å². The summed E-state index contributed by atoms with van der Waals surface area (Å²) in [5.41, 5.74) is -0.388. The van der Waals surface area contributed by atoms with E-state index < -0.39 is 5.60 Å². The molecule has 0 bridgehead atoms. The zero-order valence-corrected chi connectivity index (χ0v) is 11.3. The van der Waals surface area contributed by atoms with Crippen LogP contribution < -0.4 is 0 Å². The third kappa shape index (κ3) is 4.36. The van der Waals surface area contributed by atoms with Gasteiger partial charge in [0.2, 0.25) is 0 Å². The third-order valence-electron chi connectivity index (χ3n) is 3.20. The number of carbonyl (C=O) groups excluding carboxylic acids is 2. The van der Waals surface area contributed by atoms with Gasteiger partial charge in [-0.05, 0) is 39.0 Å².